The first-order chi connectivity index (χ1) is 7.18. The van der Waals surface area contributed by atoms with Crippen LogP contribution in [0.2, 0.25) is 0 Å². The van der Waals surface area contributed by atoms with Gasteiger partial charge in [-0.3, -0.25) is 0 Å². The second kappa shape index (κ2) is 4.21. The third kappa shape index (κ3) is 2.13. The van der Waals surface area contributed by atoms with Crippen LogP contribution in [0.25, 0.3) is 0 Å². The van der Waals surface area contributed by atoms with Crippen molar-refractivity contribution < 1.29 is 4.42 Å². The molecule has 1 atom stereocenters. The highest BCUT2D eigenvalue weighted by molar-refractivity contribution is 9.10. The Morgan fingerprint density at radius 2 is 2.13 bits per heavy atom. The molecule has 0 spiro atoms. The Morgan fingerprint density at radius 1 is 1.33 bits per heavy atom. The van der Waals surface area contributed by atoms with E-state index in [2.05, 4.69) is 35.0 Å². The third-order valence-corrected chi connectivity index (χ3v) is 3.03. The highest BCUT2D eigenvalue weighted by atomic mass is 79.9. The summed E-state index contributed by atoms with van der Waals surface area (Å²) >= 11 is 3.34. The van der Waals surface area contributed by atoms with E-state index in [0.717, 1.165) is 11.1 Å². The van der Waals surface area contributed by atoms with Gasteiger partial charge in [0.25, 0.3) is 0 Å². The summed E-state index contributed by atoms with van der Waals surface area (Å²) < 4.78 is 5.88. The average Bonchev–Trinajstić information content (AvgIpc) is 2.63. The van der Waals surface area contributed by atoms with E-state index in [1.807, 2.05) is 18.2 Å². The van der Waals surface area contributed by atoms with Gasteiger partial charge in [0, 0.05) is 5.56 Å². The predicted molar refractivity (Wildman–Crippen MR) is 63.6 cm³/mol. The molecular weight excluding hydrogens is 254 g/mol. The number of nitrogens with two attached hydrogens (primary N) is 1. The lowest BCUT2D eigenvalue weighted by atomic mass is 10.0. The van der Waals surface area contributed by atoms with Gasteiger partial charge in [-0.25, -0.2) is 0 Å². The Labute approximate surface area is 97.2 Å². The summed E-state index contributed by atoms with van der Waals surface area (Å²) in [6.45, 7) is 2.06. The first kappa shape index (κ1) is 10.5. The Hall–Kier alpha value is -1.06. The first-order valence-electron chi connectivity index (χ1n) is 4.73. The minimum Gasteiger partial charge on any atom is -0.457 e. The molecule has 0 aliphatic heterocycles. The molecule has 1 heterocycles. The van der Waals surface area contributed by atoms with Gasteiger partial charge in [-0.1, -0.05) is 29.8 Å². The maximum atomic E-state index is 6.14. The molecule has 0 saturated heterocycles. The highest BCUT2D eigenvalue weighted by Crippen LogP contribution is 2.27. The highest BCUT2D eigenvalue weighted by Gasteiger charge is 2.14. The number of rotatable bonds is 2. The molecule has 0 fully saturated rings. The molecule has 0 bridgehead atoms. The lowest BCUT2D eigenvalue weighted by molar-refractivity contribution is 0.534. The van der Waals surface area contributed by atoms with E-state index in [4.69, 9.17) is 10.2 Å². The van der Waals surface area contributed by atoms with Crippen molar-refractivity contribution in [3.05, 3.63) is 58.0 Å². The zero-order chi connectivity index (χ0) is 10.8. The second-order valence-corrected chi connectivity index (χ2v) is 4.26. The Kier molecular flexibility index (Phi) is 2.93. The number of aryl methyl sites for hydroxylation is 1. The van der Waals surface area contributed by atoms with E-state index in [9.17, 15) is 0 Å². The van der Waals surface area contributed by atoms with Crippen molar-refractivity contribution in [3.63, 3.8) is 0 Å². The molecule has 0 amide bonds. The predicted octanol–water partition coefficient (Wildman–Crippen LogP) is 3.40. The van der Waals surface area contributed by atoms with Crippen LogP contribution in [0.1, 0.15) is 22.7 Å². The van der Waals surface area contributed by atoms with E-state index in [1.165, 1.54) is 5.56 Å². The smallest absolute Gasteiger partial charge is 0.174 e. The molecule has 1 unspecified atom stereocenters. The fraction of sp³-hybridized carbons (Fsp3) is 0.167. The van der Waals surface area contributed by atoms with Crippen LogP contribution in [-0.4, -0.2) is 0 Å². The molecule has 2 aromatic rings. The molecule has 15 heavy (non-hydrogen) atoms. The maximum absolute atomic E-state index is 6.14. The van der Waals surface area contributed by atoms with E-state index < -0.39 is 0 Å². The Bertz CT molecular complexity index is 464. The van der Waals surface area contributed by atoms with Crippen LogP contribution < -0.4 is 5.73 Å². The SMILES string of the molecule is Cc1cccc(C(N)c2ccoc2Br)c1. The third-order valence-electron chi connectivity index (χ3n) is 2.38. The quantitative estimate of drug-likeness (QED) is 0.904. The fourth-order valence-corrected chi connectivity index (χ4v) is 2.06. The van der Waals surface area contributed by atoms with Gasteiger partial charge in [0.05, 0.1) is 12.3 Å². The van der Waals surface area contributed by atoms with Crippen molar-refractivity contribution in [2.45, 2.75) is 13.0 Å². The van der Waals surface area contributed by atoms with Crippen molar-refractivity contribution in [1.29, 1.82) is 0 Å². The van der Waals surface area contributed by atoms with E-state index >= 15 is 0 Å². The number of hydrogen-bond donors (Lipinski definition) is 1. The summed E-state index contributed by atoms with van der Waals surface area (Å²) in [6.07, 6.45) is 1.63. The first-order valence-corrected chi connectivity index (χ1v) is 5.53. The molecule has 0 radical (unpaired) electrons. The fourth-order valence-electron chi connectivity index (χ4n) is 1.57. The van der Waals surface area contributed by atoms with Gasteiger partial charge < -0.3 is 10.2 Å². The minimum atomic E-state index is -0.141. The summed E-state index contributed by atoms with van der Waals surface area (Å²) in [6, 6.07) is 9.93. The van der Waals surface area contributed by atoms with Crippen LogP contribution in [0, 0.1) is 6.92 Å². The van der Waals surface area contributed by atoms with Gasteiger partial charge in [-0.2, -0.15) is 0 Å². The lowest BCUT2D eigenvalue weighted by Gasteiger charge is -2.11. The van der Waals surface area contributed by atoms with Crippen molar-refractivity contribution >= 4 is 15.9 Å². The Balaban J connectivity index is 2.36. The summed E-state index contributed by atoms with van der Waals surface area (Å²) in [4.78, 5) is 0. The summed E-state index contributed by atoms with van der Waals surface area (Å²) in [5, 5.41) is 0. The molecule has 1 aromatic carbocycles. The Morgan fingerprint density at radius 3 is 2.73 bits per heavy atom. The van der Waals surface area contributed by atoms with Gasteiger partial charge in [0.2, 0.25) is 0 Å². The van der Waals surface area contributed by atoms with Gasteiger partial charge >= 0.3 is 0 Å². The van der Waals surface area contributed by atoms with Gasteiger partial charge in [0.1, 0.15) is 0 Å². The monoisotopic (exact) mass is 265 g/mol. The average molecular weight is 266 g/mol. The van der Waals surface area contributed by atoms with Crippen LogP contribution in [0.3, 0.4) is 0 Å². The van der Waals surface area contributed by atoms with Crippen LogP contribution in [-0.2, 0) is 0 Å². The van der Waals surface area contributed by atoms with Crippen LogP contribution in [0.5, 0.6) is 0 Å². The lowest BCUT2D eigenvalue weighted by Crippen LogP contribution is -2.11. The topological polar surface area (TPSA) is 39.2 Å². The van der Waals surface area contributed by atoms with E-state index in [-0.39, 0.29) is 6.04 Å². The molecule has 1 aromatic heterocycles. The van der Waals surface area contributed by atoms with Crippen LogP contribution in [0.15, 0.2) is 45.7 Å². The molecule has 3 heteroatoms. The van der Waals surface area contributed by atoms with Crippen molar-refractivity contribution in [2.24, 2.45) is 5.73 Å². The summed E-state index contributed by atoms with van der Waals surface area (Å²) in [5.41, 5.74) is 9.42. The molecule has 2 N–H and O–H groups in total. The molecule has 0 aliphatic rings. The summed E-state index contributed by atoms with van der Waals surface area (Å²) in [5.74, 6) is 0. The molecular formula is C12H12BrNO. The molecule has 78 valence electrons. The van der Waals surface area contributed by atoms with Crippen molar-refractivity contribution in [2.75, 3.05) is 0 Å². The van der Waals surface area contributed by atoms with Crippen LogP contribution >= 0.6 is 15.9 Å². The molecule has 0 saturated carbocycles. The van der Waals surface area contributed by atoms with Gasteiger partial charge in [-0.05, 0) is 34.5 Å². The molecule has 2 nitrogen and oxygen atoms in total. The van der Waals surface area contributed by atoms with E-state index in [1.54, 1.807) is 6.26 Å². The normalized spacial score (nSPS) is 12.7. The minimum absolute atomic E-state index is 0.141. The zero-order valence-electron chi connectivity index (χ0n) is 8.41. The number of furan rings is 1. The van der Waals surface area contributed by atoms with Crippen molar-refractivity contribution in [1.82, 2.24) is 0 Å². The van der Waals surface area contributed by atoms with Crippen molar-refractivity contribution in [3.8, 4) is 0 Å². The van der Waals surface area contributed by atoms with E-state index in [0.29, 0.717) is 4.67 Å². The molecule has 2 rings (SSSR count). The maximum Gasteiger partial charge on any atom is 0.174 e. The summed E-state index contributed by atoms with van der Waals surface area (Å²) in [7, 11) is 0. The zero-order valence-corrected chi connectivity index (χ0v) is 9.99. The largest absolute Gasteiger partial charge is 0.457 e. The second-order valence-electron chi connectivity index (χ2n) is 3.54. The van der Waals surface area contributed by atoms with Gasteiger partial charge in [-0.15, -0.1) is 0 Å². The molecule has 0 aliphatic carbocycles. The number of benzene rings is 1. The number of hydrogen-bond acceptors (Lipinski definition) is 2. The van der Waals surface area contributed by atoms with Gasteiger partial charge in [0.15, 0.2) is 4.67 Å². The van der Waals surface area contributed by atoms with Crippen LogP contribution in [0.4, 0.5) is 0 Å². The number of halogens is 1. The standard InChI is InChI=1S/C12H12BrNO/c1-8-3-2-4-9(7-8)11(14)10-5-6-15-12(10)13/h2-7,11H,14H2,1H3.